The average Bonchev–Trinajstić information content (AvgIpc) is 4.10. The van der Waals surface area contributed by atoms with Gasteiger partial charge in [-0.05, 0) is 106 Å². The number of rotatable bonds is 5. The molecular formula is C68H41N5. The van der Waals surface area contributed by atoms with Gasteiger partial charge in [-0.2, -0.15) is 0 Å². The molecule has 73 heavy (non-hydrogen) atoms. The normalized spacial score (nSPS) is 12.1. The zero-order valence-corrected chi connectivity index (χ0v) is 39.4. The van der Waals surface area contributed by atoms with Crippen molar-refractivity contribution in [3.63, 3.8) is 0 Å². The molecule has 0 N–H and O–H groups in total. The third-order valence-electron chi connectivity index (χ3n) is 15.4. The molecule has 0 aliphatic rings. The van der Waals surface area contributed by atoms with E-state index in [9.17, 15) is 0 Å². The highest BCUT2D eigenvalue weighted by Gasteiger charge is 2.21. The molecule has 0 fully saturated rings. The lowest BCUT2D eigenvalue weighted by atomic mass is 9.97. The number of hydrogen-bond acceptors (Lipinski definition) is 2. The standard InChI is InChI=1S/C68H41N5/c1-2-17-46(18-3-1)71-59-27-13-9-22-51(59)53-34-31-44(41-64(53)71)68-69-58-26-12-8-24-55(58)67(70-68)54-35-37-62(50-21-7-6-20-49(50)54)73-60-28-14-10-23-52(60)57-39-45-38-47(33-30-43(45)40-65(57)73)72-61-29-15-11-25-56(61)66-48-19-5-4-16-42(48)32-36-63(66)72/h1-41H. The molecule has 5 nitrogen and oxygen atoms in total. The topological polar surface area (TPSA) is 40.6 Å². The summed E-state index contributed by atoms with van der Waals surface area (Å²) in [6.45, 7) is 0. The molecule has 0 spiro atoms. The largest absolute Gasteiger partial charge is 0.309 e. The summed E-state index contributed by atoms with van der Waals surface area (Å²) in [6, 6.07) is 90.4. The second-order valence-electron chi connectivity index (χ2n) is 19.3. The second-order valence-corrected chi connectivity index (χ2v) is 19.3. The third kappa shape index (κ3) is 5.85. The summed E-state index contributed by atoms with van der Waals surface area (Å²) in [5.41, 5.74) is 14.3. The highest BCUT2D eigenvalue weighted by molar-refractivity contribution is 6.22. The lowest BCUT2D eigenvalue weighted by molar-refractivity contribution is 1.18. The zero-order chi connectivity index (χ0) is 47.7. The highest BCUT2D eigenvalue weighted by Crippen LogP contribution is 2.43. The highest BCUT2D eigenvalue weighted by atomic mass is 15.0. The summed E-state index contributed by atoms with van der Waals surface area (Å²) >= 11 is 0. The van der Waals surface area contributed by atoms with E-state index < -0.39 is 0 Å². The number of benzene rings is 12. The van der Waals surface area contributed by atoms with Crippen molar-refractivity contribution in [2.45, 2.75) is 0 Å². The molecule has 338 valence electrons. The molecular weight excluding hydrogens is 887 g/mol. The van der Waals surface area contributed by atoms with Gasteiger partial charge in [0, 0.05) is 65.6 Å². The Morgan fingerprint density at radius 1 is 0.274 bits per heavy atom. The maximum absolute atomic E-state index is 5.52. The van der Waals surface area contributed by atoms with E-state index in [0.717, 1.165) is 61.1 Å². The van der Waals surface area contributed by atoms with Crippen LogP contribution in [0.1, 0.15) is 0 Å². The van der Waals surface area contributed by atoms with Crippen LogP contribution in [0.25, 0.3) is 148 Å². The molecule has 4 heterocycles. The van der Waals surface area contributed by atoms with E-state index in [1.165, 1.54) is 81.4 Å². The summed E-state index contributed by atoms with van der Waals surface area (Å²) in [5, 5.41) is 15.6. The Labute approximate surface area is 418 Å². The van der Waals surface area contributed by atoms with Crippen molar-refractivity contribution in [2.24, 2.45) is 0 Å². The Morgan fingerprint density at radius 3 is 1.70 bits per heavy atom. The maximum Gasteiger partial charge on any atom is 0.160 e. The first-order valence-corrected chi connectivity index (χ1v) is 25.0. The molecule has 0 aliphatic carbocycles. The number of nitrogens with zero attached hydrogens (tertiary/aromatic N) is 5. The first kappa shape index (κ1) is 39.9. The van der Waals surface area contributed by atoms with Crippen LogP contribution in [-0.2, 0) is 0 Å². The average molecular weight is 928 g/mol. The van der Waals surface area contributed by atoms with Gasteiger partial charge in [-0.15, -0.1) is 0 Å². The lowest BCUT2D eigenvalue weighted by Gasteiger charge is -2.16. The van der Waals surface area contributed by atoms with Gasteiger partial charge < -0.3 is 13.7 Å². The molecule has 0 atom stereocenters. The predicted octanol–water partition coefficient (Wildman–Crippen LogP) is 17.7. The minimum Gasteiger partial charge on any atom is -0.309 e. The van der Waals surface area contributed by atoms with Crippen LogP contribution >= 0.6 is 0 Å². The summed E-state index contributed by atoms with van der Waals surface area (Å²) in [5.74, 6) is 0.692. The van der Waals surface area contributed by atoms with Crippen LogP contribution in [0.4, 0.5) is 0 Å². The number of para-hydroxylation sites is 5. The van der Waals surface area contributed by atoms with Crippen molar-refractivity contribution in [1.29, 1.82) is 0 Å². The monoisotopic (exact) mass is 927 g/mol. The number of hydrogen-bond donors (Lipinski definition) is 0. The first-order chi connectivity index (χ1) is 36.2. The van der Waals surface area contributed by atoms with Crippen LogP contribution < -0.4 is 0 Å². The van der Waals surface area contributed by atoms with Crippen molar-refractivity contribution in [1.82, 2.24) is 23.7 Å². The Hall–Kier alpha value is -9.84. The molecule has 0 radical (unpaired) electrons. The van der Waals surface area contributed by atoms with Crippen LogP contribution in [0.15, 0.2) is 249 Å². The molecule has 16 rings (SSSR count). The fourth-order valence-corrected chi connectivity index (χ4v) is 12.2. The van der Waals surface area contributed by atoms with Crippen LogP contribution in [0.2, 0.25) is 0 Å². The Morgan fingerprint density at radius 2 is 0.877 bits per heavy atom. The van der Waals surface area contributed by atoms with Gasteiger partial charge in [0.05, 0.1) is 50.0 Å². The van der Waals surface area contributed by atoms with E-state index in [0.29, 0.717) is 5.82 Å². The predicted molar refractivity (Wildman–Crippen MR) is 306 cm³/mol. The van der Waals surface area contributed by atoms with E-state index in [-0.39, 0.29) is 0 Å². The third-order valence-corrected chi connectivity index (χ3v) is 15.4. The van der Waals surface area contributed by atoms with Gasteiger partial charge in [0.25, 0.3) is 0 Å². The molecule has 0 bridgehead atoms. The molecule has 0 unspecified atom stereocenters. The van der Waals surface area contributed by atoms with Gasteiger partial charge in [-0.25, -0.2) is 9.97 Å². The van der Waals surface area contributed by atoms with Crippen molar-refractivity contribution >= 4 is 109 Å². The fourth-order valence-electron chi connectivity index (χ4n) is 12.2. The Bertz CT molecular complexity index is 4980. The maximum atomic E-state index is 5.52. The molecule has 0 amide bonds. The fraction of sp³-hybridized carbons (Fsp3) is 0. The zero-order valence-electron chi connectivity index (χ0n) is 39.4. The van der Waals surface area contributed by atoms with Gasteiger partial charge >= 0.3 is 0 Å². The summed E-state index contributed by atoms with van der Waals surface area (Å²) in [4.78, 5) is 10.8. The molecule has 12 aromatic carbocycles. The van der Waals surface area contributed by atoms with Crippen molar-refractivity contribution in [3.8, 4) is 39.7 Å². The molecule has 16 aromatic rings. The number of fused-ring (bicyclic) bond motifs is 14. The van der Waals surface area contributed by atoms with E-state index >= 15 is 0 Å². The second kappa shape index (κ2) is 15.3. The van der Waals surface area contributed by atoms with Crippen LogP contribution in [0, 0.1) is 0 Å². The van der Waals surface area contributed by atoms with E-state index in [2.05, 4.69) is 262 Å². The van der Waals surface area contributed by atoms with Crippen molar-refractivity contribution in [2.75, 3.05) is 0 Å². The summed E-state index contributed by atoms with van der Waals surface area (Å²) < 4.78 is 7.25. The van der Waals surface area contributed by atoms with Gasteiger partial charge in [0.2, 0.25) is 0 Å². The Kier molecular flexibility index (Phi) is 8.39. The van der Waals surface area contributed by atoms with E-state index in [1.54, 1.807) is 0 Å². The molecule has 4 aromatic heterocycles. The molecule has 0 aliphatic heterocycles. The van der Waals surface area contributed by atoms with Crippen LogP contribution in [0.3, 0.4) is 0 Å². The minimum absolute atomic E-state index is 0.692. The molecule has 0 saturated carbocycles. The summed E-state index contributed by atoms with van der Waals surface area (Å²) in [6.07, 6.45) is 0. The van der Waals surface area contributed by atoms with Gasteiger partial charge in [-0.3, -0.25) is 0 Å². The summed E-state index contributed by atoms with van der Waals surface area (Å²) in [7, 11) is 0. The minimum atomic E-state index is 0.692. The van der Waals surface area contributed by atoms with Gasteiger partial charge in [-0.1, -0.05) is 170 Å². The lowest BCUT2D eigenvalue weighted by Crippen LogP contribution is -1.99. The SMILES string of the molecule is c1ccc(-n2c3ccccc3c3ccc(-c4nc(-c5ccc(-n6c7ccccc7c7cc8cc(-n9c%10ccccc%10c%10c%11ccccc%11ccc%109)ccc8cc76)c6ccccc56)c5ccccc5n4)cc32)cc1. The van der Waals surface area contributed by atoms with Crippen LogP contribution in [-0.4, -0.2) is 23.7 Å². The quantitative estimate of drug-likeness (QED) is 0.173. The van der Waals surface area contributed by atoms with Crippen molar-refractivity contribution in [3.05, 3.63) is 249 Å². The number of aromatic nitrogens is 5. The van der Waals surface area contributed by atoms with E-state index in [1.807, 2.05) is 0 Å². The van der Waals surface area contributed by atoms with E-state index in [4.69, 9.17) is 9.97 Å². The molecule has 5 heteroatoms. The smallest absolute Gasteiger partial charge is 0.160 e. The molecule has 0 saturated heterocycles. The Balaban J connectivity index is 0.870. The van der Waals surface area contributed by atoms with Gasteiger partial charge in [0.1, 0.15) is 0 Å². The van der Waals surface area contributed by atoms with Gasteiger partial charge in [0.15, 0.2) is 5.82 Å². The van der Waals surface area contributed by atoms with Crippen molar-refractivity contribution < 1.29 is 0 Å². The van der Waals surface area contributed by atoms with Crippen LogP contribution in [0.5, 0.6) is 0 Å². The first-order valence-electron chi connectivity index (χ1n) is 25.0.